The van der Waals surface area contributed by atoms with Crippen LogP contribution in [0, 0.1) is 0 Å². The molecule has 1 aromatic heterocycles. The third-order valence-electron chi connectivity index (χ3n) is 4.11. The van der Waals surface area contributed by atoms with Crippen LogP contribution < -0.4 is 10.6 Å². The van der Waals surface area contributed by atoms with Crippen LogP contribution in [0.4, 0.5) is 19.0 Å². The first-order chi connectivity index (χ1) is 12.1. The Morgan fingerprint density at radius 2 is 2.00 bits per heavy atom. The zero-order chi connectivity index (χ0) is 19.1. The normalized spacial score (nSPS) is 19.8. The number of carbonyl (C=O) groups excluding carboxylic acids is 1. The molecule has 2 atom stereocenters. The second kappa shape index (κ2) is 6.94. The van der Waals surface area contributed by atoms with Crippen LogP contribution in [-0.4, -0.2) is 27.9 Å². The predicted molar refractivity (Wildman–Crippen MR) is 95.0 cm³/mol. The minimum atomic E-state index is -4.47. The largest absolute Gasteiger partial charge is 0.410 e. The number of benzene rings is 1. The van der Waals surface area contributed by atoms with Gasteiger partial charge in [-0.3, -0.25) is 4.79 Å². The van der Waals surface area contributed by atoms with Crippen molar-refractivity contribution in [1.82, 2.24) is 15.1 Å². The number of nitrogens with zero attached hydrogens (tertiary/aromatic N) is 2. The van der Waals surface area contributed by atoms with Gasteiger partial charge in [-0.25, -0.2) is 4.68 Å². The molecule has 3 rings (SSSR count). The Balaban J connectivity index is 1.96. The SMILES string of the molecule is CC(C)NC(=O)c1cc2n(n1)[C@@H](C(F)(F)F)C[C@H](c1ccc(Br)cc1)N2. The summed E-state index contributed by atoms with van der Waals surface area (Å²) in [6.07, 6.45) is -4.67. The molecule has 0 fully saturated rings. The summed E-state index contributed by atoms with van der Waals surface area (Å²) < 4.78 is 42.5. The van der Waals surface area contributed by atoms with Crippen molar-refractivity contribution in [1.29, 1.82) is 0 Å². The van der Waals surface area contributed by atoms with Crippen LogP contribution in [0.1, 0.15) is 48.4 Å². The Labute approximate surface area is 157 Å². The first-order valence-electron chi connectivity index (χ1n) is 8.14. The van der Waals surface area contributed by atoms with Gasteiger partial charge in [0.05, 0.1) is 6.04 Å². The van der Waals surface area contributed by atoms with Gasteiger partial charge in [-0.15, -0.1) is 0 Å². The molecule has 0 unspecified atom stereocenters. The van der Waals surface area contributed by atoms with E-state index in [1.807, 2.05) is 0 Å². The summed E-state index contributed by atoms with van der Waals surface area (Å²) in [7, 11) is 0. The average Bonchev–Trinajstić information content (AvgIpc) is 2.97. The van der Waals surface area contributed by atoms with Crippen molar-refractivity contribution in [3.05, 3.63) is 46.1 Å². The number of aromatic nitrogens is 2. The van der Waals surface area contributed by atoms with Crippen LogP contribution >= 0.6 is 15.9 Å². The molecule has 9 heteroatoms. The van der Waals surface area contributed by atoms with E-state index >= 15 is 0 Å². The van der Waals surface area contributed by atoms with Gasteiger partial charge in [-0.1, -0.05) is 28.1 Å². The minimum absolute atomic E-state index is 0.0353. The molecule has 1 aliphatic heterocycles. The number of anilines is 1. The molecule has 2 N–H and O–H groups in total. The van der Waals surface area contributed by atoms with E-state index in [4.69, 9.17) is 0 Å². The molecular formula is C17H18BrF3N4O. The summed E-state index contributed by atoms with van der Waals surface area (Å²) in [5.41, 5.74) is 0.704. The van der Waals surface area contributed by atoms with Crippen LogP contribution in [0.5, 0.6) is 0 Å². The van der Waals surface area contributed by atoms with E-state index < -0.39 is 24.2 Å². The summed E-state index contributed by atoms with van der Waals surface area (Å²) in [5.74, 6) is -0.315. The highest BCUT2D eigenvalue weighted by molar-refractivity contribution is 9.10. The van der Waals surface area contributed by atoms with Crippen LogP contribution in [-0.2, 0) is 0 Å². The fourth-order valence-electron chi connectivity index (χ4n) is 2.93. The molecule has 140 valence electrons. The van der Waals surface area contributed by atoms with Gasteiger partial charge in [0.1, 0.15) is 5.82 Å². The van der Waals surface area contributed by atoms with Crippen LogP contribution in [0.15, 0.2) is 34.8 Å². The fraction of sp³-hybridized carbons (Fsp3) is 0.412. The number of hydrogen-bond donors (Lipinski definition) is 2. The van der Waals surface area contributed by atoms with Crippen LogP contribution in [0.25, 0.3) is 0 Å². The number of halogens is 4. The third kappa shape index (κ3) is 3.87. The average molecular weight is 431 g/mol. The van der Waals surface area contributed by atoms with Gasteiger partial charge in [-0.05, 0) is 31.5 Å². The second-order valence-electron chi connectivity index (χ2n) is 6.53. The number of fused-ring (bicyclic) bond motifs is 1. The Morgan fingerprint density at radius 1 is 1.35 bits per heavy atom. The molecule has 2 aromatic rings. The van der Waals surface area contributed by atoms with E-state index in [-0.39, 0.29) is 24.0 Å². The highest BCUT2D eigenvalue weighted by Gasteiger charge is 2.46. The Bertz CT molecular complexity index is 801. The summed E-state index contributed by atoms with van der Waals surface area (Å²) in [6.45, 7) is 3.54. The van der Waals surface area contributed by atoms with Gasteiger partial charge in [0.2, 0.25) is 0 Å². The first kappa shape index (κ1) is 18.8. The Hall–Kier alpha value is -2.03. The molecule has 0 saturated heterocycles. The highest BCUT2D eigenvalue weighted by Crippen LogP contribution is 2.43. The molecular weight excluding hydrogens is 413 g/mol. The molecule has 1 aromatic carbocycles. The topological polar surface area (TPSA) is 59.0 Å². The molecule has 0 saturated carbocycles. The lowest BCUT2D eigenvalue weighted by Crippen LogP contribution is -2.36. The van der Waals surface area contributed by atoms with Gasteiger partial charge >= 0.3 is 6.18 Å². The Kier molecular flexibility index (Phi) is 5.01. The minimum Gasteiger partial charge on any atom is -0.363 e. The zero-order valence-electron chi connectivity index (χ0n) is 14.1. The molecule has 5 nitrogen and oxygen atoms in total. The van der Waals surface area contributed by atoms with Gasteiger partial charge < -0.3 is 10.6 Å². The molecule has 1 amide bonds. The molecule has 2 heterocycles. The molecule has 1 aliphatic rings. The summed E-state index contributed by atoms with van der Waals surface area (Å²) in [6, 6.07) is 6.01. The highest BCUT2D eigenvalue weighted by atomic mass is 79.9. The second-order valence-corrected chi connectivity index (χ2v) is 7.44. The van der Waals surface area contributed by atoms with E-state index in [0.29, 0.717) is 0 Å². The lowest BCUT2D eigenvalue weighted by atomic mass is 9.97. The van der Waals surface area contributed by atoms with Crippen molar-refractivity contribution >= 4 is 27.7 Å². The van der Waals surface area contributed by atoms with Crippen LogP contribution in [0.3, 0.4) is 0 Å². The van der Waals surface area contributed by atoms with Crippen molar-refractivity contribution < 1.29 is 18.0 Å². The predicted octanol–water partition coefficient (Wildman–Crippen LogP) is 4.44. The number of amides is 1. The quantitative estimate of drug-likeness (QED) is 0.756. The number of hydrogen-bond acceptors (Lipinski definition) is 3. The van der Waals surface area contributed by atoms with Crippen molar-refractivity contribution in [2.24, 2.45) is 0 Å². The van der Waals surface area contributed by atoms with Crippen molar-refractivity contribution in [2.75, 3.05) is 5.32 Å². The van der Waals surface area contributed by atoms with E-state index in [1.165, 1.54) is 6.07 Å². The monoisotopic (exact) mass is 430 g/mol. The lowest BCUT2D eigenvalue weighted by Gasteiger charge is -2.33. The van der Waals surface area contributed by atoms with Crippen LogP contribution in [0.2, 0.25) is 0 Å². The molecule has 0 bridgehead atoms. The maximum absolute atomic E-state index is 13.6. The van der Waals surface area contributed by atoms with Crippen molar-refractivity contribution in [2.45, 2.75) is 44.6 Å². The van der Waals surface area contributed by atoms with Gasteiger partial charge in [0, 0.05) is 23.0 Å². The molecule has 0 aliphatic carbocycles. The van der Waals surface area contributed by atoms with E-state index in [1.54, 1.807) is 38.1 Å². The maximum Gasteiger partial charge on any atom is 0.410 e. The number of nitrogens with one attached hydrogen (secondary N) is 2. The van der Waals surface area contributed by atoms with E-state index in [9.17, 15) is 18.0 Å². The zero-order valence-corrected chi connectivity index (χ0v) is 15.7. The van der Waals surface area contributed by atoms with E-state index in [2.05, 4.69) is 31.7 Å². The summed E-state index contributed by atoms with van der Waals surface area (Å²) >= 11 is 3.32. The van der Waals surface area contributed by atoms with Gasteiger partial charge in [-0.2, -0.15) is 18.3 Å². The van der Waals surface area contributed by atoms with E-state index in [0.717, 1.165) is 14.7 Å². The fourth-order valence-corrected chi connectivity index (χ4v) is 3.20. The lowest BCUT2D eigenvalue weighted by molar-refractivity contribution is -0.173. The number of rotatable bonds is 3. The standard InChI is InChI=1S/C17H18BrF3N4O/c1-9(2)22-16(26)13-8-15-23-12(10-3-5-11(18)6-4-10)7-14(17(19,20)21)25(15)24-13/h3-6,8-9,12,14,23H,7H2,1-2H3,(H,22,26)/t12-,14-/m1/s1. The molecule has 0 radical (unpaired) electrons. The van der Waals surface area contributed by atoms with Crippen molar-refractivity contribution in [3.63, 3.8) is 0 Å². The van der Waals surface area contributed by atoms with Gasteiger partial charge in [0.25, 0.3) is 5.91 Å². The number of alkyl halides is 3. The summed E-state index contributed by atoms with van der Waals surface area (Å²) in [4.78, 5) is 12.1. The third-order valence-corrected chi connectivity index (χ3v) is 4.64. The van der Waals surface area contributed by atoms with Crippen molar-refractivity contribution in [3.8, 4) is 0 Å². The molecule has 0 spiro atoms. The van der Waals surface area contributed by atoms with Gasteiger partial charge in [0.15, 0.2) is 11.7 Å². The summed E-state index contributed by atoms with van der Waals surface area (Å²) in [5, 5.41) is 9.62. The molecule has 26 heavy (non-hydrogen) atoms. The smallest absolute Gasteiger partial charge is 0.363 e. The first-order valence-corrected chi connectivity index (χ1v) is 8.93. The Morgan fingerprint density at radius 3 is 2.58 bits per heavy atom. The maximum atomic E-state index is 13.6. The number of carbonyl (C=O) groups is 1.